The molecule has 0 aliphatic heterocycles. The van der Waals surface area contributed by atoms with E-state index in [0.29, 0.717) is 6.54 Å². The largest absolute Gasteiger partial charge is 0.355 e. The zero-order valence-corrected chi connectivity index (χ0v) is 12.7. The molecule has 18 heavy (non-hydrogen) atoms. The lowest BCUT2D eigenvalue weighted by molar-refractivity contribution is -0.123. The monoisotopic (exact) mass is 252 g/mol. The molecule has 3 heteroatoms. The first-order valence-corrected chi connectivity index (χ1v) is 6.88. The summed E-state index contributed by atoms with van der Waals surface area (Å²) in [5.74, 6) is 0.152. The number of pyridine rings is 1. The maximum atomic E-state index is 11.2. The van der Waals surface area contributed by atoms with Gasteiger partial charge in [0.2, 0.25) is 5.91 Å². The number of nitrogens with one attached hydrogen (secondary N) is 1. The van der Waals surface area contributed by atoms with Gasteiger partial charge in [-0.2, -0.15) is 0 Å². The van der Waals surface area contributed by atoms with Gasteiger partial charge in [-0.05, 0) is 12.1 Å². The number of nitrogens with zero attached hydrogens (tertiary/aromatic N) is 1. The lowest BCUT2D eigenvalue weighted by Crippen LogP contribution is -2.29. The summed E-state index contributed by atoms with van der Waals surface area (Å²) >= 11 is 0. The predicted molar refractivity (Wildman–Crippen MR) is 78.5 cm³/mol. The van der Waals surface area contributed by atoms with Gasteiger partial charge in [0.05, 0.1) is 0 Å². The van der Waals surface area contributed by atoms with E-state index in [4.69, 9.17) is 0 Å². The van der Waals surface area contributed by atoms with E-state index in [-0.39, 0.29) is 11.8 Å². The molecule has 0 atom stereocenters. The van der Waals surface area contributed by atoms with Gasteiger partial charge >= 0.3 is 0 Å². The van der Waals surface area contributed by atoms with Crippen molar-refractivity contribution in [3.05, 3.63) is 30.1 Å². The average Bonchev–Trinajstić information content (AvgIpc) is 2.44. The van der Waals surface area contributed by atoms with Gasteiger partial charge in [0.15, 0.2) is 0 Å². The Labute approximate surface area is 112 Å². The molecule has 1 heterocycles. The molecule has 0 saturated heterocycles. The molecular weight excluding hydrogens is 224 g/mol. The number of rotatable bonds is 4. The van der Waals surface area contributed by atoms with Crippen LogP contribution in [0.25, 0.3) is 0 Å². The first-order valence-electron chi connectivity index (χ1n) is 6.88. The van der Waals surface area contributed by atoms with Crippen molar-refractivity contribution in [2.24, 2.45) is 5.92 Å². The average molecular weight is 252 g/mol. The molecule has 0 saturated carbocycles. The fourth-order valence-electron chi connectivity index (χ4n) is 1.06. The second-order valence-corrected chi connectivity index (χ2v) is 3.52. The molecule has 1 amide bonds. The highest BCUT2D eigenvalue weighted by atomic mass is 16.1. The first-order chi connectivity index (χ1) is 8.70. The standard InChI is InChI=1S/C11H16N2O.2C2H6/c1-9(2)11(14)13-8-6-10-5-3-4-7-12-10;2*1-2/h3-5,7,9H,6,8H2,1-2H3,(H,13,14);2*1-2H3. The zero-order chi connectivity index (χ0) is 14.4. The second kappa shape index (κ2) is 13.7. The van der Waals surface area contributed by atoms with Gasteiger partial charge in [0, 0.05) is 30.8 Å². The van der Waals surface area contributed by atoms with E-state index < -0.39 is 0 Å². The van der Waals surface area contributed by atoms with Crippen molar-refractivity contribution in [3.63, 3.8) is 0 Å². The number of amides is 1. The molecular formula is C15H28N2O. The third kappa shape index (κ3) is 9.82. The van der Waals surface area contributed by atoms with Crippen molar-refractivity contribution in [2.75, 3.05) is 6.54 Å². The molecule has 0 aliphatic rings. The molecule has 0 aliphatic carbocycles. The second-order valence-electron chi connectivity index (χ2n) is 3.52. The molecule has 104 valence electrons. The van der Waals surface area contributed by atoms with Crippen LogP contribution in [0.3, 0.4) is 0 Å². The Morgan fingerprint density at radius 3 is 2.28 bits per heavy atom. The number of aromatic nitrogens is 1. The minimum atomic E-state index is 0.0544. The Morgan fingerprint density at radius 2 is 1.83 bits per heavy atom. The van der Waals surface area contributed by atoms with Gasteiger partial charge in [-0.25, -0.2) is 0 Å². The predicted octanol–water partition coefficient (Wildman–Crippen LogP) is 3.45. The summed E-state index contributed by atoms with van der Waals surface area (Å²) in [5.41, 5.74) is 1.01. The van der Waals surface area contributed by atoms with Crippen LogP contribution in [0.5, 0.6) is 0 Å². The number of carbonyl (C=O) groups is 1. The van der Waals surface area contributed by atoms with Crippen molar-refractivity contribution >= 4 is 5.91 Å². The van der Waals surface area contributed by atoms with Crippen LogP contribution in [0.1, 0.15) is 47.2 Å². The highest BCUT2D eigenvalue weighted by Gasteiger charge is 2.04. The summed E-state index contributed by atoms with van der Waals surface area (Å²) in [5, 5.41) is 2.85. The Balaban J connectivity index is 0. The molecule has 1 aromatic rings. The first kappa shape index (κ1) is 19.0. The van der Waals surface area contributed by atoms with Gasteiger partial charge in [0.25, 0.3) is 0 Å². The summed E-state index contributed by atoms with van der Waals surface area (Å²) in [6, 6.07) is 5.80. The van der Waals surface area contributed by atoms with Crippen LogP contribution in [0.4, 0.5) is 0 Å². The SMILES string of the molecule is CC.CC.CC(C)C(=O)NCCc1ccccn1. The lowest BCUT2D eigenvalue weighted by atomic mass is 10.2. The van der Waals surface area contributed by atoms with Crippen LogP contribution in [0.2, 0.25) is 0 Å². The molecule has 0 aromatic carbocycles. The molecule has 1 N–H and O–H groups in total. The van der Waals surface area contributed by atoms with Gasteiger partial charge in [-0.15, -0.1) is 0 Å². The summed E-state index contributed by atoms with van der Waals surface area (Å²) in [6.45, 7) is 12.4. The highest BCUT2D eigenvalue weighted by Crippen LogP contribution is 1.94. The third-order valence-corrected chi connectivity index (χ3v) is 1.93. The molecule has 3 nitrogen and oxygen atoms in total. The Bertz CT molecular complexity index is 284. The van der Waals surface area contributed by atoms with Crippen LogP contribution in [0, 0.1) is 5.92 Å². The Hall–Kier alpha value is -1.38. The van der Waals surface area contributed by atoms with Crippen molar-refractivity contribution < 1.29 is 4.79 Å². The van der Waals surface area contributed by atoms with Gasteiger partial charge in [0.1, 0.15) is 0 Å². The molecule has 0 bridgehead atoms. The zero-order valence-electron chi connectivity index (χ0n) is 12.7. The molecule has 1 aromatic heterocycles. The lowest BCUT2D eigenvalue weighted by Gasteiger charge is -2.06. The van der Waals surface area contributed by atoms with Crippen molar-refractivity contribution in [1.82, 2.24) is 10.3 Å². The Morgan fingerprint density at radius 1 is 1.22 bits per heavy atom. The van der Waals surface area contributed by atoms with Gasteiger partial charge < -0.3 is 5.32 Å². The molecule has 0 radical (unpaired) electrons. The molecule has 0 spiro atoms. The van der Waals surface area contributed by atoms with E-state index in [0.717, 1.165) is 12.1 Å². The summed E-state index contributed by atoms with van der Waals surface area (Å²) in [6.07, 6.45) is 2.55. The van der Waals surface area contributed by atoms with Gasteiger partial charge in [-0.1, -0.05) is 47.6 Å². The summed E-state index contributed by atoms with van der Waals surface area (Å²) in [7, 11) is 0. The van der Waals surface area contributed by atoms with E-state index in [2.05, 4.69) is 10.3 Å². The Kier molecular flexibility index (Phi) is 14.4. The van der Waals surface area contributed by atoms with Crippen LogP contribution < -0.4 is 5.32 Å². The minimum absolute atomic E-state index is 0.0544. The van der Waals surface area contributed by atoms with Crippen LogP contribution >= 0.6 is 0 Å². The minimum Gasteiger partial charge on any atom is -0.355 e. The number of carbonyl (C=O) groups excluding carboxylic acids is 1. The fraction of sp³-hybridized carbons (Fsp3) is 0.600. The maximum Gasteiger partial charge on any atom is 0.222 e. The van der Waals surface area contributed by atoms with Crippen LogP contribution in [-0.2, 0) is 11.2 Å². The van der Waals surface area contributed by atoms with Crippen LogP contribution in [0.15, 0.2) is 24.4 Å². The number of hydrogen-bond acceptors (Lipinski definition) is 2. The van der Waals surface area contributed by atoms with Crippen molar-refractivity contribution in [1.29, 1.82) is 0 Å². The van der Waals surface area contributed by atoms with E-state index in [9.17, 15) is 4.79 Å². The highest BCUT2D eigenvalue weighted by molar-refractivity contribution is 5.77. The van der Waals surface area contributed by atoms with E-state index >= 15 is 0 Å². The van der Waals surface area contributed by atoms with E-state index in [1.165, 1.54) is 0 Å². The number of hydrogen-bond donors (Lipinski definition) is 1. The molecule has 0 unspecified atom stereocenters. The van der Waals surface area contributed by atoms with E-state index in [1.807, 2.05) is 59.7 Å². The van der Waals surface area contributed by atoms with Crippen LogP contribution in [-0.4, -0.2) is 17.4 Å². The van der Waals surface area contributed by atoms with Crippen molar-refractivity contribution in [2.45, 2.75) is 48.0 Å². The van der Waals surface area contributed by atoms with E-state index in [1.54, 1.807) is 6.20 Å². The summed E-state index contributed by atoms with van der Waals surface area (Å²) < 4.78 is 0. The molecule has 1 rings (SSSR count). The quantitative estimate of drug-likeness (QED) is 0.891. The fourth-order valence-corrected chi connectivity index (χ4v) is 1.06. The smallest absolute Gasteiger partial charge is 0.222 e. The summed E-state index contributed by atoms with van der Waals surface area (Å²) in [4.78, 5) is 15.4. The third-order valence-electron chi connectivity index (χ3n) is 1.93. The topological polar surface area (TPSA) is 42.0 Å². The molecule has 0 fully saturated rings. The van der Waals surface area contributed by atoms with Crippen molar-refractivity contribution in [3.8, 4) is 0 Å². The maximum absolute atomic E-state index is 11.2. The normalized spacial score (nSPS) is 8.61. The van der Waals surface area contributed by atoms with Gasteiger partial charge in [-0.3, -0.25) is 9.78 Å².